The zero-order valence-corrected chi connectivity index (χ0v) is 14.3. The maximum atomic E-state index is 12.5. The number of nitrogens with one attached hydrogen (secondary N) is 2. The minimum Gasteiger partial charge on any atom is -0.384 e. The summed E-state index contributed by atoms with van der Waals surface area (Å²) in [6.45, 7) is 5.44. The first-order valence-corrected chi connectivity index (χ1v) is 7.96. The highest BCUT2D eigenvalue weighted by Gasteiger charge is 2.38. The van der Waals surface area contributed by atoms with Crippen molar-refractivity contribution in [2.45, 2.75) is 26.7 Å². The number of ether oxygens (including phenoxy) is 1. The number of aromatic amines is 1. The van der Waals surface area contributed by atoms with Crippen molar-refractivity contribution < 1.29 is 14.3 Å². The van der Waals surface area contributed by atoms with E-state index in [1.165, 1.54) is 0 Å². The predicted octanol–water partition coefficient (Wildman–Crippen LogP) is 0.426. The molecule has 1 aliphatic rings. The Morgan fingerprint density at radius 1 is 1.39 bits per heavy atom. The van der Waals surface area contributed by atoms with Crippen molar-refractivity contribution in [1.82, 2.24) is 20.4 Å². The number of amides is 2. The van der Waals surface area contributed by atoms with Crippen LogP contribution in [0.15, 0.2) is 0 Å². The average molecular weight is 322 g/mol. The van der Waals surface area contributed by atoms with E-state index in [0.717, 1.165) is 17.0 Å². The molecule has 0 spiro atoms. The summed E-state index contributed by atoms with van der Waals surface area (Å²) in [5.41, 5.74) is 3.06. The lowest BCUT2D eigenvalue weighted by Crippen LogP contribution is -2.34. The molecule has 2 amide bonds. The molecule has 2 rings (SSSR count). The molecule has 7 heteroatoms. The summed E-state index contributed by atoms with van der Waals surface area (Å²) in [4.78, 5) is 26.3. The van der Waals surface area contributed by atoms with Crippen molar-refractivity contribution in [3.8, 4) is 0 Å². The van der Waals surface area contributed by atoms with Crippen molar-refractivity contribution in [3.63, 3.8) is 0 Å². The third-order valence-corrected chi connectivity index (χ3v) is 4.63. The quantitative estimate of drug-likeness (QED) is 0.795. The summed E-state index contributed by atoms with van der Waals surface area (Å²) in [6.07, 6.45) is 1.10. The molecule has 2 N–H and O–H groups in total. The van der Waals surface area contributed by atoms with Gasteiger partial charge in [-0.25, -0.2) is 0 Å². The number of carbonyl (C=O) groups excluding carboxylic acids is 2. The topological polar surface area (TPSA) is 87.3 Å². The highest BCUT2D eigenvalue weighted by atomic mass is 16.5. The molecule has 0 unspecified atom stereocenters. The van der Waals surface area contributed by atoms with Crippen LogP contribution in [0.5, 0.6) is 0 Å². The molecule has 0 saturated carbocycles. The van der Waals surface area contributed by atoms with Crippen LogP contribution in [0.1, 0.15) is 23.4 Å². The van der Waals surface area contributed by atoms with Gasteiger partial charge in [-0.15, -0.1) is 0 Å². The number of carbonyl (C=O) groups is 2. The summed E-state index contributed by atoms with van der Waals surface area (Å²) in [5.74, 6) is -0.0797. The van der Waals surface area contributed by atoms with E-state index in [-0.39, 0.29) is 23.7 Å². The number of aryl methyl sites for hydroxylation is 2. The zero-order valence-electron chi connectivity index (χ0n) is 14.3. The van der Waals surface area contributed by atoms with Gasteiger partial charge in [-0.3, -0.25) is 14.7 Å². The fourth-order valence-electron chi connectivity index (χ4n) is 3.27. The molecule has 0 aromatic carbocycles. The smallest absolute Gasteiger partial charge is 0.225 e. The molecule has 23 heavy (non-hydrogen) atoms. The predicted molar refractivity (Wildman–Crippen MR) is 85.9 cm³/mol. The normalized spacial score (nSPS) is 20.8. The van der Waals surface area contributed by atoms with Crippen molar-refractivity contribution in [1.29, 1.82) is 0 Å². The SMILES string of the molecule is CNC(=O)[C@@H]1CN(C(=O)CCc2c(C)n[nH]c2C)C[C@H]1COC. The van der Waals surface area contributed by atoms with Crippen LogP contribution in [0.2, 0.25) is 0 Å². The average Bonchev–Trinajstić information content (AvgIpc) is 3.09. The van der Waals surface area contributed by atoms with Crippen molar-refractivity contribution in [2.75, 3.05) is 33.9 Å². The summed E-state index contributed by atoms with van der Waals surface area (Å²) >= 11 is 0. The number of hydrogen-bond donors (Lipinski definition) is 2. The molecule has 128 valence electrons. The third kappa shape index (κ3) is 3.90. The molecular weight excluding hydrogens is 296 g/mol. The minimum atomic E-state index is -0.193. The Labute approximate surface area is 136 Å². The first-order valence-electron chi connectivity index (χ1n) is 7.96. The summed E-state index contributed by atoms with van der Waals surface area (Å²) in [5, 5.41) is 9.77. The number of likely N-dealkylation sites (tertiary alicyclic amines) is 1. The van der Waals surface area contributed by atoms with Gasteiger partial charge in [0, 0.05) is 45.3 Å². The van der Waals surface area contributed by atoms with Crippen LogP contribution >= 0.6 is 0 Å². The second-order valence-electron chi connectivity index (χ2n) is 6.15. The molecule has 2 atom stereocenters. The fourth-order valence-corrected chi connectivity index (χ4v) is 3.27. The van der Waals surface area contributed by atoms with E-state index >= 15 is 0 Å². The van der Waals surface area contributed by atoms with Gasteiger partial charge in [0.15, 0.2) is 0 Å². The highest BCUT2D eigenvalue weighted by molar-refractivity contribution is 5.82. The van der Waals surface area contributed by atoms with Gasteiger partial charge in [0.25, 0.3) is 0 Å². The van der Waals surface area contributed by atoms with Crippen molar-refractivity contribution in [2.24, 2.45) is 11.8 Å². The Morgan fingerprint density at radius 2 is 2.13 bits per heavy atom. The van der Waals surface area contributed by atoms with Gasteiger partial charge < -0.3 is 15.0 Å². The molecule has 2 heterocycles. The van der Waals surface area contributed by atoms with Gasteiger partial charge in [-0.1, -0.05) is 0 Å². The summed E-state index contributed by atoms with van der Waals surface area (Å²) in [6, 6.07) is 0. The van der Waals surface area contributed by atoms with Crippen LogP contribution in [0.3, 0.4) is 0 Å². The van der Waals surface area contributed by atoms with Gasteiger partial charge in [0.2, 0.25) is 11.8 Å². The van der Waals surface area contributed by atoms with E-state index in [1.807, 2.05) is 13.8 Å². The lowest BCUT2D eigenvalue weighted by atomic mass is 9.96. The number of aromatic nitrogens is 2. The Hall–Kier alpha value is -1.89. The molecule has 1 aromatic heterocycles. The van der Waals surface area contributed by atoms with Gasteiger partial charge in [-0.05, 0) is 25.8 Å². The zero-order chi connectivity index (χ0) is 17.0. The summed E-state index contributed by atoms with van der Waals surface area (Å²) < 4.78 is 5.20. The Kier molecular flexibility index (Phi) is 5.76. The second kappa shape index (κ2) is 7.59. The highest BCUT2D eigenvalue weighted by Crippen LogP contribution is 2.25. The molecule has 1 aliphatic heterocycles. The number of nitrogens with zero attached hydrogens (tertiary/aromatic N) is 2. The van der Waals surface area contributed by atoms with Crippen LogP contribution in [0, 0.1) is 25.7 Å². The molecule has 0 aliphatic carbocycles. The molecule has 1 saturated heterocycles. The van der Waals surface area contributed by atoms with Crippen LogP contribution in [-0.2, 0) is 20.7 Å². The molecular formula is C16H26N4O3. The molecule has 1 fully saturated rings. The Morgan fingerprint density at radius 3 is 2.70 bits per heavy atom. The number of H-pyrrole nitrogens is 1. The van der Waals surface area contributed by atoms with E-state index in [2.05, 4.69) is 15.5 Å². The third-order valence-electron chi connectivity index (χ3n) is 4.63. The van der Waals surface area contributed by atoms with Gasteiger partial charge in [0.1, 0.15) is 0 Å². The molecule has 0 radical (unpaired) electrons. The largest absolute Gasteiger partial charge is 0.384 e. The fraction of sp³-hybridized carbons (Fsp3) is 0.688. The van der Waals surface area contributed by atoms with Crippen LogP contribution in [0.4, 0.5) is 0 Å². The molecule has 0 bridgehead atoms. The van der Waals surface area contributed by atoms with Crippen LogP contribution in [-0.4, -0.2) is 60.8 Å². The first kappa shape index (κ1) is 17.5. The monoisotopic (exact) mass is 322 g/mol. The van der Waals surface area contributed by atoms with Gasteiger partial charge in [-0.2, -0.15) is 5.10 Å². The first-order chi connectivity index (χ1) is 11.0. The minimum absolute atomic E-state index is 0.0242. The second-order valence-corrected chi connectivity index (χ2v) is 6.15. The summed E-state index contributed by atoms with van der Waals surface area (Å²) in [7, 11) is 3.25. The van der Waals surface area contributed by atoms with Crippen molar-refractivity contribution in [3.05, 3.63) is 17.0 Å². The Bertz CT molecular complexity index is 550. The Balaban J connectivity index is 1.96. The standard InChI is InChI=1S/C16H26N4O3/c1-10-13(11(2)19-18-10)5-6-15(21)20-7-12(9-23-4)14(8-20)16(22)17-3/h12,14H,5-9H2,1-4H3,(H,17,22)(H,18,19)/t12-,14+/m0/s1. The maximum absolute atomic E-state index is 12.5. The van der Waals surface area contributed by atoms with Crippen LogP contribution in [0.25, 0.3) is 0 Å². The van der Waals surface area contributed by atoms with E-state index in [1.54, 1.807) is 19.1 Å². The van der Waals surface area contributed by atoms with E-state index in [4.69, 9.17) is 4.74 Å². The van der Waals surface area contributed by atoms with Gasteiger partial charge in [0.05, 0.1) is 18.2 Å². The lowest BCUT2D eigenvalue weighted by Gasteiger charge is -2.16. The van der Waals surface area contributed by atoms with Gasteiger partial charge >= 0.3 is 0 Å². The van der Waals surface area contributed by atoms with E-state index < -0.39 is 0 Å². The van der Waals surface area contributed by atoms with E-state index in [0.29, 0.717) is 32.5 Å². The number of methoxy groups -OCH3 is 1. The molecule has 1 aromatic rings. The van der Waals surface area contributed by atoms with Crippen LogP contribution < -0.4 is 5.32 Å². The lowest BCUT2D eigenvalue weighted by molar-refractivity contribution is -0.130. The maximum Gasteiger partial charge on any atom is 0.225 e. The van der Waals surface area contributed by atoms with Crippen molar-refractivity contribution >= 4 is 11.8 Å². The number of hydrogen-bond acceptors (Lipinski definition) is 4. The van der Waals surface area contributed by atoms with E-state index in [9.17, 15) is 9.59 Å². The number of rotatable bonds is 6. The molecule has 7 nitrogen and oxygen atoms in total.